The first-order valence-corrected chi connectivity index (χ1v) is 5.97. The summed E-state index contributed by atoms with van der Waals surface area (Å²) in [6.45, 7) is 0. The monoisotopic (exact) mass is 292 g/mol. The zero-order chi connectivity index (χ0) is 15.4. The highest BCUT2D eigenvalue weighted by Gasteiger charge is 2.12. The van der Waals surface area contributed by atoms with Gasteiger partial charge in [0.25, 0.3) is 5.69 Å². The second-order valence-corrected chi connectivity index (χ2v) is 4.15. The third-order valence-electron chi connectivity index (χ3n) is 2.78. The average molecular weight is 292 g/mol. The number of non-ortho nitro benzene ring substituents is 1. The number of halogens is 1. The van der Waals surface area contributed by atoms with E-state index in [9.17, 15) is 14.5 Å². The van der Waals surface area contributed by atoms with E-state index < -0.39 is 10.7 Å². The minimum Gasteiger partial charge on any atom is -0.497 e. The summed E-state index contributed by atoms with van der Waals surface area (Å²) < 4.78 is 23.7. The highest BCUT2D eigenvalue weighted by atomic mass is 19.1. The summed E-state index contributed by atoms with van der Waals surface area (Å²) >= 11 is 0. The van der Waals surface area contributed by atoms with Gasteiger partial charge in [-0.15, -0.1) is 0 Å². The lowest BCUT2D eigenvalue weighted by molar-refractivity contribution is -0.385. The summed E-state index contributed by atoms with van der Waals surface area (Å²) in [5.74, 6) is 0.375. The first-order valence-electron chi connectivity index (χ1n) is 5.97. The third-order valence-corrected chi connectivity index (χ3v) is 2.78. The molecule has 2 aromatic carbocycles. The average Bonchev–Trinajstić information content (AvgIpc) is 2.46. The number of nitro benzene ring substituents is 1. The van der Waals surface area contributed by atoms with Crippen LogP contribution in [-0.2, 0) is 0 Å². The van der Waals surface area contributed by atoms with Crippen LogP contribution in [0.2, 0.25) is 0 Å². The van der Waals surface area contributed by atoms with Gasteiger partial charge in [0, 0.05) is 17.8 Å². The molecule has 7 heteroatoms. The number of hydrogen-bond acceptors (Lipinski definition) is 5. The Balaban J connectivity index is 2.39. The molecule has 6 nitrogen and oxygen atoms in total. The van der Waals surface area contributed by atoms with Gasteiger partial charge < -0.3 is 14.8 Å². The smallest absolute Gasteiger partial charge is 0.274 e. The second-order valence-electron chi connectivity index (χ2n) is 4.15. The van der Waals surface area contributed by atoms with Crippen molar-refractivity contribution in [3.05, 3.63) is 52.3 Å². The highest BCUT2D eigenvalue weighted by Crippen LogP contribution is 2.32. The normalized spacial score (nSPS) is 10.0. The Morgan fingerprint density at radius 3 is 2.52 bits per heavy atom. The van der Waals surface area contributed by atoms with E-state index in [-0.39, 0.29) is 11.4 Å². The molecule has 0 radical (unpaired) electrons. The quantitative estimate of drug-likeness (QED) is 0.674. The fourth-order valence-corrected chi connectivity index (χ4v) is 1.82. The molecule has 0 aliphatic rings. The van der Waals surface area contributed by atoms with Crippen LogP contribution in [0.1, 0.15) is 0 Å². The Morgan fingerprint density at radius 1 is 1.14 bits per heavy atom. The summed E-state index contributed by atoms with van der Waals surface area (Å²) in [4.78, 5) is 10.1. The Morgan fingerprint density at radius 2 is 1.90 bits per heavy atom. The molecule has 2 rings (SSSR count). The van der Waals surface area contributed by atoms with Gasteiger partial charge in [-0.05, 0) is 18.2 Å². The van der Waals surface area contributed by atoms with Crippen LogP contribution in [0, 0.1) is 15.9 Å². The SMILES string of the molecule is COc1ccc(OC)c(Nc2cc(F)cc([N+](=O)[O-])c2)c1. The predicted molar refractivity (Wildman–Crippen MR) is 75.9 cm³/mol. The lowest BCUT2D eigenvalue weighted by Gasteiger charge is -2.12. The van der Waals surface area contributed by atoms with E-state index in [1.54, 1.807) is 18.2 Å². The number of nitrogens with zero attached hydrogens (tertiary/aromatic N) is 1. The Hall–Kier alpha value is -2.83. The summed E-state index contributed by atoms with van der Waals surface area (Å²) in [7, 11) is 3.00. The number of rotatable bonds is 5. The number of benzene rings is 2. The van der Waals surface area contributed by atoms with Crippen LogP contribution in [0.3, 0.4) is 0 Å². The first kappa shape index (κ1) is 14.6. The molecule has 0 aromatic heterocycles. The van der Waals surface area contributed by atoms with Crippen molar-refractivity contribution in [1.82, 2.24) is 0 Å². The number of ether oxygens (including phenoxy) is 2. The minimum absolute atomic E-state index is 0.244. The molecule has 1 N–H and O–H groups in total. The van der Waals surface area contributed by atoms with Gasteiger partial charge >= 0.3 is 0 Å². The topological polar surface area (TPSA) is 73.6 Å². The highest BCUT2D eigenvalue weighted by molar-refractivity contribution is 5.69. The van der Waals surface area contributed by atoms with Crippen molar-refractivity contribution in [2.24, 2.45) is 0 Å². The summed E-state index contributed by atoms with van der Waals surface area (Å²) in [5, 5.41) is 13.6. The number of hydrogen-bond donors (Lipinski definition) is 1. The molecule has 2 aromatic rings. The molecule has 110 valence electrons. The first-order chi connectivity index (χ1) is 10.0. The van der Waals surface area contributed by atoms with Crippen molar-refractivity contribution in [3.63, 3.8) is 0 Å². The molecule has 0 fully saturated rings. The molecule has 0 spiro atoms. The maximum Gasteiger partial charge on any atom is 0.274 e. The predicted octanol–water partition coefficient (Wildman–Crippen LogP) is 3.49. The van der Waals surface area contributed by atoms with Crippen molar-refractivity contribution in [2.45, 2.75) is 0 Å². The molecule has 0 bridgehead atoms. The van der Waals surface area contributed by atoms with Gasteiger partial charge in [0.1, 0.15) is 17.3 Å². The van der Waals surface area contributed by atoms with E-state index in [1.807, 2.05) is 0 Å². The molecule has 0 atom stereocenters. The zero-order valence-corrected chi connectivity index (χ0v) is 11.4. The van der Waals surface area contributed by atoms with E-state index in [0.29, 0.717) is 17.2 Å². The van der Waals surface area contributed by atoms with E-state index in [4.69, 9.17) is 9.47 Å². The lowest BCUT2D eigenvalue weighted by atomic mass is 10.2. The summed E-state index contributed by atoms with van der Waals surface area (Å²) in [6.07, 6.45) is 0. The molecular formula is C14H13FN2O4. The molecular weight excluding hydrogens is 279 g/mol. The van der Waals surface area contributed by atoms with Crippen LogP contribution in [0.4, 0.5) is 21.5 Å². The Labute approximate surface area is 120 Å². The van der Waals surface area contributed by atoms with Crippen LogP contribution in [0.5, 0.6) is 11.5 Å². The fraction of sp³-hybridized carbons (Fsp3) is 0.143. The van der Waals surface area contributed by atoms with E-state index in [1.165, 1.54) is 20.3 Å². The fourth-order valence-electron chi connectivity index (χ4n) is 1.82. The largest absolute Gasteiger partial charge is 0.497 e. The van der Waals surface area contributed by atoms with Crippen LogP contribution in [0.25, 0.3) is 0 Å². The number of methoxy groups -OCH3 is 2. The van der Waals surface area contributed by atoms with Gasteiger partial charge in [-0.2, -0.15) is 0 Å². The maximum atomic E-state index is 13.4. The number of nitro groups is 1. The lowest BCUT2D eigenvalue weighted by Crippen LogP contribution is -1.97. The van der Waals surface area contributed by atoms with E-state index >= 15 is 0 Å². The van der Waals surface area contributed by atoms with E-state index in [2.05, 4.69) is 5.32 Å². The van der Waals surface area contributed by atoms with Crippen molar-refractivity contribution >= 4 is 17.1 Å². The molecule has 0 unspecified atom stereocenters. The molecule has 0 heterocycles. The van der Waals surface area contributed by atoms with Crippen LogP contribution in [0.15, 0.2) is 36.4 Å². The van der Waals surface area contributed by atoms with Crippen molar-refractivity contribution in [2.75, 3.05) is 19.5 Å². The summed E-state index contributed by atoms with van der Waals surface area (Å²) in [5.41, 5.74) is 0.421. The zero-order valence-electron chi connectivity index (χ0n) is 11.4. The van der Waals surface area contributed by atoms with Gasteiger partial charge in [-0.1, -0.05) is 0 Å². The van der Waals surface area contributed by atoms with E-state index in [0.717, 1.165) is 12.1 Å². The minimum atomic E-state index is -0.700. The van der Waals surface area contributed by atoms with Gasteiger partial charge in [0.2, 0.25) is 0 Å². The molecule has 0 saturated heterocycles. The Bertz CT molecular complexity index is 676. The molecule has 0 saturated carbocycles. The third kappa shape index (κ3) is 3.38. The molecule has 0 aliphatic carbocycles. The van der Waals surface area contributed by atoms with Crippen molar-refractivity contribution in [3.8, 4) is 11.5 Å². The molecule has 0 aliphatic heterocycles. The van der Waals surface area contributed by atoms with Crippen molar-refractivity contribution in [1.29, 1.82) is 0 Å². The molecule has 21 heavy (non-hydrogen) atoms. The maximum absolute atomic E-state index is 13.4. The molecule has 0 amide bonds. The Kier molecular flexibility index (Phi) is 4.22. The van der Waals surface area contributed by atoms with Gasteiger partial charge in [-0.3, -0.25) is 10.1 Å². The van der Waals surface area contributed by atoms with Gasteiger partial charge in [0.15, 0.2) is 0 Å². The number of nitrogens with one attached hydrogen (secondary N) is 1. The standard InChI is InChI=1S/C14H13FN2O4/c1-20-12-3-4-14(21-2)13(8-12)16-10-5-9(15)6-11(7-10)17(18)19/h3-8,16H,1-2H3. The van der Waals surface area contributed by atoms with Gasteiger partial charge in [0.05, 0.1) is 30.9 Å². The summed E-state index contributed by atoms with van der Waals surface area (Å²) in [6, 6.07) is 8.28. The second kappa shape index (κ2) is 6.08. The van der Waals surface area contributed by atoms with Crippen LogP contribution >= 0.6 is 0 Å². The number of anilines is 2. The van der Waals surface area contributed by atoms with Crippen LogP contribution in [-0.4, -0.2) is 19.1 Å². The van der Waals surface area contributed by atoms with Crippen LogP contribution < -0.4 is 14.8 Å². The van der Waals surface area contributed by atoms with Crippen molar-refractivity contribution < 1.29 is 18.8 Å². The van der Waals surface area contributed by atoms with Gasteiger partial charge in [-0.25, -0.2) is 4.39 Å².